The average molecular weight is 1320 g/mol. The second-order valence-electron chi connectivity index (χ2n) is 13.0. The van der Waals surface area contributed by atoms with E-state index in [-0.39, 0.29) is 52.9 Å². The Bertz CT molecular complexity index is 1080. The average Bonchev–Trinajstić information content (AvgIpc) is 3.35. The fourth-order valence-corrected chi connectivity index (χ4v) is 3.34. The summed E-state index contributed by atoms with van der Waals surface area (Å²) in [5.74, 6) is 0. The Labute approximate surface area is 476 Å². The Kier molecular flexibility index (Phi) is 101. The third-order valence-corrected chi connectivity index (χ3v) is 5.98. The Morgan fingerprint density at radius 3 is 0.284 bits per heavy atom. The maximum atomic E-state index is 8.88. The van der Waals surface area contributed by atoms with E-state index in [4.69, 9.17) is 184 Å². The molecule has 43 heteroatoms. The van der Waals surface area contributed by atoms with Crippen LogP contribution in [-0.4, -0.2) is 351 Å². The molecule has 0 fully saturated rings. The zero-order valence-corrected chi connectivity index (χ0v) is 49.8. The van der Waals surface area contributed by atoms with Gasteiger partial charge in [0.2, 0.25) is 0 Å². The van der Waals surface area contributed by atoms with E-state index < -0.39 is 30.2 Å². The molecule has 81 heavy (non-hydrogen) atoms. The quantitative estimate of drug-likeness (QED) is 0.0199. The first kappa shape index (κ1) is 97.2. The summed E-state index contributed by atoms with van der Waals surface area (Å²) >= 11 is 3.60. The van der Waals surface area contributed by atoms with E-state index in [9.17, 15) is 0 Å². The van der Waals surface area contributed by atoms with Crippen LogP contribution in [0, 0.1) is 0 Å². The maximum Gasteiger partial charge on any atom is 0.466 e. The van der Waals surface area contributed by atoms with Crippen LogP contribution in [-0.2, 0) is 96.6 Å². The summed E-state index contributed by atoms with van der Waals surface area (Å²) in [6.45, 7) is 10.3. The van der Waals surface area contributed by atoms with Gasteiger partial charge in [0.1, 0.15) is 0 Å². The van der Waals surface area contributed by atoms with E-state index in [1.165, 1.54) is 0 Å². The summed E-state index contributed by atoms with van der Waals surface area (Å²) in [4.78, 5) is 87.4. The van der Waals surface area contributed by atoms with E-state index in [0.29, 0.717) is 198 Å². The minimum Gasteiger partial charge on any atom is -0.394 e. The van der Waals surface area contributed by atoms with E-state index in [2.05, 4.69) is 11.8 Å². The molecule has 0 unspecified atom stereocenters. The lowest BCUT2D eigenvalue weighted by atomic mass is 10.7. The van der Waals surface area contributed by atoms with Crippen molar-refractivity contribution < 1.29 is 184 Å². The van der Waals surface area contributed by atoms with Crippen molar-refractivity contribution in [1.82, 2.24) is 0 Å². The van der Waals surface area contributed by atoms with Gasteiger partial charge < -0.3 is 171 Å². The highest BCUT2D eigenvalue weighted by Crippen LogP contribution is 2.27. The molecule has 0 rings (SSSR count). The third-order valence-electron chi connectivity index (χ3n) is 5.98. The van der Waals surface area contributed by atoms with Gasteiger partial charge in [-0.1, -0.05) is 0 Å². The number of aliphatic hydroxyl groups excluding tert-OH is 8. The van der Waals surface area contributed by atoms with Crippen molar-refractivity contribution in [3.8, 4) is 0 Å². The van der Waals surface area contributed by atoms with Gasteiger partial charge in [-0.3, -0.25) is 0 Å². The van der Waals surface area contributed by atoms with Gasteiger partial charge in [-0.2, -0.15) is 0 Å². The molecule has 38 nitrogen and oxygen atoms in total. The van der Waals surface area contributed by atoms with Gasteiger partial charge in [-0.25, -0.2) is 13.7 Å². The highest BCUT2D eigenvalue weighted by molar-refractivity contribution is 8.06. The van der Waals surface area contributed by atoms with Gasteiger partial charge in [0.15, 0.2) is 0 Å². The summed E-state index contributed by atoms with van der Waals surface area (Å²) in [5, 5.41) is 67.1. The maximum absolute atomic E-state index is 8.88. The topological polar surface area (TPSA) is 594 Å². The molecule has 0 aliphatic rings. The molecule has 0 aromatic heterocycles. The molecule has 0 saturated heterocycles. The second kappa shape index (κ2) is 84.1. The van der Waals surface area contributed by atoms with Gasteiger partial charge in [0, 0.05) is 0 Å². The van der Waals surface area contributed by atoms with Gasteiger partial charge in [-0.05, 0) is 11.8 Å². The first-order valence-electron chi connectivity index (χ1n) is 23.8. The zero-order chi connectivity index (χ0) is 63.5. The number of hydrogen-bond donors (Lipinski definition) is 20. The van der Waals surface area contributed by atoms with Crippen molar-refractivity contribution in [2.75, 3.05) is 251 Å². The van der Waals surface area contributed by atoms with Crippen LogP contribution < -0.4 is 0 Å². The Morgan fingerprint density at radius 1 is 0.185 bits per heavy atom. The van der Waals surface area contributed by atoms with E-state index in [1.54, 1.807) is 0 Å². The van der Waals surface area contributed by atoms with Gasteiger partial charge in [0.05, 0.1) is 251 Å². The van der Waals surface area contributed by atoms with Crippen LogP contribution >= 0.6 is 30.2 Å². The molecule has 502 valence electrons. The van der Waals surface area contributed by atoms with E-state index >= 15 is 0 Å². The summed E-state index contributed by atoms with van der Waals surface area (Å²) in [7, 11) is -13.9. The number of hydrogen-bond acceptors (Lipinski definition) is 27. The highest BCUT2D eigenvalue weighted by atomic mass is 32.5. The molecule has 0 heterocycles. The van der Waals surface area contributed by atoms with Crippen LogP contribution in [0.3, 0.4) is 0 Å². The Morgan fingerprint density at radius 2 is 0.235 bits per heavy atom. The second-order valence-corrected chi connectivity index (χ2v) is 18.6. The SMILES string of the molecule is O=P(O)(O)O.O=P(O)(O)O.O=P(O)(O)O.OCCOCCOCCO.OCCOCCOCCOCCO.OCCOCCOCCOCCOCCOCCO.OCCOCCOCCOCCOCCOCCO.OP(O)(O)=S. The fraction of sp³-hybridized carbons (Fsp3) is 1.00. The van der Waals surface area contributed by atoms with Crippen molar-refractivity contribution in [3.63, 3.8) is 0 Å². The molecule has 0 aromatic carbocycles. The standard InChI is InChI=1S/2C12H26O7.C8H18O5.C6H14O4.3H3O4P.H3O3PS/c2*13-1-3-15-5-7-17-9-11-19-12-10-18-8-6-16-4-2-14;9-1-3-11-5-7-13-8-6-12-4-2-10;7-1-3-9-5-6-10-4-2-8;3*1-5(2,3)4;1-4(2,3)5/h2*13-14H,1-12H2;9-10H,1-8H2;7-8H,1-6H2;3*(H3,1,2,3,4);(H3,1,2,3,5). The molecule has 0 aliphatic heterocycles. The first-order chi connectivity index (χ1) is 38.2. The van der Waals surface area contributed by atoms with E-state index in [0.717, 1.165) is 0 Å². The molecular formula is C38H96O38P4S. The third kappa shape index (κ3) is 203. The number of ether oxygens (including phenoxy) is 15. The monoisotopic (exact) mass is 1320 g/mol. The Hall–Kier alpha value is -0.0600. The Balaban J connectivity index is -0.000000133. The van der Waals surface area contributed by atoms with Crippen LogP contribution in [0.5, 0.6) is 0 Å². The normalized spacial score (nSPS) is 11.1. The predicted molar refractivity (Wildman–Crippen MR) is 283 cm³/mol. The van der Waals surface area contributed by atoms with Crippen molar-refractivity contribution >= 4 is 42.0 Å². The fourth-order valence-electron chi connectivity index (χ4n) is 3.34. The summed E-state index contributed by atoms with van der Waals surface area (Å²) < 4.78 is 103. The number of aliphatic hydroxyl groups is 8. The molecular weight excluding hydrogens is 1220 g/mol. The van der Waals surface area contributed by atoms with Crippen molar-refractivity contribution in [1.29, 1.82) is 0 Å². The lowest BCUT2D eigenvalue weighted by Gasteiger charge is -2.07. The largest absolute Gasteiger partial charge is 0.466 e. The van der Waals surface area contributed by atoms with Crippen LogP contribution in [0.4, 0.5) is 0 Å². The summed E-state index contributed by atoms with van der Waals surface area (Å²) in [5.41, 5.74) is 0. The molecule has 0 aromatic rings. The van der Waals surface area contributed by atoms with Gasteiger partial charge in [-0.15, -0.1) is 0 Å². The van der Waals surface area contributed by atoms with Gasteiger partial charge in [0.25, 0.3) is 0 Å². The van der Waals surface area contributed by atoms with Crippen molar-refractivity contribution in [2.45, 2.75) is 0 Å². The van der Waals surface area contributed by atoms with Crippen LogP contribution in [0.1, 0.15) is 0 Å². The smallest absolute Gasteiger partial charge is 0.394 e. The molecule has 0 atom stereocenters. The first-order valence-corrected chi connectivity index (χ1v) is 31.2. The summed E-state index contributed by atoms with van der Waals surface area (Å²) in [6, 6.07) is 0. The minimum atomic E-state index is -4.64. The van der Waals surface area contributed by atoms with Gasteiger partial charge >= 0.3 is 30.2 Å². The highest BCUT2D eigenvalue weighted by Gasteiger charge is 2.02. The minimum absolute atomic E-state index is 0.0359. The lowest BCUT2D eigenvalue weighted by Crippen LogP contribution is -2.14. The molecule has 0 amide bonds. The molecule has 20 N–H and O–H groups in total. The molecule has 0 radical (unpaired) electrons. The van der Waals surface area contributed by atoms with Crippen molar-refractivity contribution in [2.24, 2.45) is 0 Å². The molecule has 0 aliphatic carbocycles. The number of rotatable bonds is 49. The lowest BCUT2D eigenvalue weighted by molar-refractivity contribution is -0.0151. The molecule has 0 saturated carbocycles. The summed E-state index contributed by atoms with van der Waals surface area (Å²) in [6.07, 6.45) is 0. The number of phosphoric acid groups is 3. The molecule has 0 spiro atoms. The van der Waals surface area contributed by atoms with E-state index in [1.807, 2.05) is 0 Å². The predicted octanol–water partition coefficient (Wildman–Crippen LogP) is -7.47. The van der Waals surface area contributed by atoms with Crippen LogP contribution in [0.2, 0.25) is 0 Å². The molecule has 0 bridgehead atoms. The zero-order valence-electron chi connectivity index (χ0n) is 45.4. The van der Waals surface area contributed by atoms with Crippen LogP contribution in [0.15, 0.2) is 0 Å². The van der Waals surface area contributed by atoms with Crippen molar-refractivity contribution in [3.05, 3.63) is 0 Å². The van der Waals surface area contributed by atoms with Crippen LogP contribution in [0.25, 0.3) is 0 Å².